The molecule has 5 rings (SSSR count). The first-order valence-corrected chi connectivity index (χ1v) is 12.0. The molecule has 1 N–H and O–H groups in total. The Labute approximate surface area is 182 Å². The molecule has 2 aromatic heterocycles. The summed E-state index contributed by atoms with van der Waals surface area (Å²) in [5.41, 5.74) is 4.48. The first-order chi connectivity index (χ1) is 14.9. The highest BCUT2D eigenvalue weighted by molar-refractivity contribution is 7.94. The van der Waals surface area contributed by atoms with Crippen molar-refractivity contribution in [3.63, 3.8) is 0 Å². The number of aromatic nitrogens is 2. The van der Waals surface area contributed by atoms with Crippen LogP contribution in [0.1, 0.15) is 12.8 Å². The van der Waals surface area contributed by atoms with Crippen molar-refractivity contribution in [1.82, 2.24) is 14.6 Å². The smallest absolute Gasteiger partial charge is 0.242 e. The Morgan fingerprint density at radius 3 is 2.68 bits per heavy atom. The van der Waals surface area contributed by atoms with Crippen molar-refractivity contribution >= 4 is 38.6 Å². The van der Waals surface area contributed by atoms with Gasteiger partial charge in [-0.2, -0.15) is 5.10 Å². The molecule has 0 saturated carbocycles. The van der Waals surface area contributed by atoms with Gasteiger partial charge in [-0.15, -0.1) is 0 Å². The molecule has 1 saturated heterocycles. The van der Waals surface area contributed by atoms with Crippen LogP contribution in [0, 0.1) is 0 Å². The summed E-state index contributed by atoms with van der Waals surface area (Å²) in [4.78, 5) is 6.91. The summed E-state index contributed by atoms with van der Waals surface area (Å²) in [5.74, 6) is 0. The van der Waals surface area contributed by atoms with E-state index in [-0.39, 0.29) is 0 Å². The quantitative estimate of drug-likeness (QED) is 0.662. The van der Waals surface area contributed by atoms with Gasteiger partial charge in [-0.1, -0.05) is 12.1 Å². The fourth-order valence-electron chi connectivity index (χ4n) is 4.40. The largest absolute Gasteiger partial charge is 0.372 e. The van der Waals surface area contributed by atoms with E-state index in [1.165, 1.54) is 24.7 Å². The molecule has 0 aliphatic carbocycles. The predicted molar refractivity (Wildman–Crippen MR) is 125 cm³/mol. The van der Waals surface area contributed by atoms with Crippen LogP contribution in [0.2, 0.25) is 0 Å². The highest BCUT2D eigenvalue weighted by Crippen LogP contribution is 2.36. The number of fused-ring (bicyclic) bond motifs is 1. The highest BCUT2D eigenvalue weighted by Gasteiger charge is 2.30. The molecule has 0 bridgehead atoms. The monoisotopic (exact) mass is 438 g/mol. The van der Waals surface area contributed by atoms with Crippen LogP contribution in [-0.2, 0) is 17.1 Å². The van der Waals surface area contributed by atoms with E-state index in [9.17, 15) is 8.42 Å². The van der Waals surface area contributed by atoms with Gasteiger partial charge in [0.1, 0.15) is 10.9 Å². The summed E-state index contributed by atoms with van der Waals surface area (Å²) in [5, 5.41) is 5.81. The Morgan fingerprint density at radius 2 is 1.94 bits per heavy atom. The molecule has 1 aromatic carbocycles. The Bertz CT molecular complexity index is 1260. The summed E-state index contributed by atoms with van der Waals surface area (Å²) in [7, 11) is 0.0592. The number of nitrogens with one attached hydrogen (secondary N) is 1. The third-order valence-electron chi connectivity index (χ3n) is 6.01. The normalized spacial score (nSPS) is 19.0. The lowest BCUT2D eigenvalue weighted by Gasteiger charge is -2.18. The van der Waals surface area contributed by atoms with E-state index in [4.69, 9.17) is 0 Å². The van der Waals surface area contributed by atoms with Gasteiger partial charge in [0, 0.05) is 57.0 Å². The topological polar surface area (TPSA) is 82.8 Å². The van der Waals surface area contributed by atoms with Crippen LogP contribution in [0.4, 0.5) is 11.4 Å². The maximum atomic E-state index is 13.0. The summed E-state index contributed by atoms with van der Waals surface area (Å²) in [6, 6.07) is 10.2. The average molecular weight is 439 g/mol. The van der Waals surface area contributed by atoms with Gasteiger partial charge in [0.2, 0.25) is 10.0 Å². The molecule has 2 aliphatic heterocycles. The highest BCUT2D eigenvalue weighted by atomic mass is 32.2. The number of nitrogens with zero attached hydrogens (tertiary/aromatic N) is 5. The van der Waals surface area contributed by atoms with E-state index in [1.54, 1.807) is 24.3 Å². The Hall–Kier alpha value is -3.07. The van der Waals surface area contributed by atoms with Gasteiger partial charge in [0.25, 0.3) is 0 Å². The van der Waals surface area contributed by atoms with Crippen LogP contribution in [0.3, 0.4) is 0 Å². The van der Waals surface area contributed by atoms with Crippen LogP contribution < -0.4 is 9.62 Å². The van der Waals surface area contributed by atoms with Crippen molar-refractivity contribution in [2.75, 3.05) is 36.3 Å². The van der Waals surface area contributed by atoms with Crippen molar-refractivity contribution in [2.45, 2.75) is 18.1 Å². The third-order valence-corrected chi connectivity index (χ3v) is 7.58. The second-order valence-electron chi connectivity index (χ2n) is 8.25. The summed E-state index contributed by atoms with van der Waals surface area (Å²) < 4.78 is 30.8. The number of benzene rings is 1. The SMILES string of the molecule is CN1CC(S(=O)(=O)Nc2ccnc3c2c(-c2cccc(N4CCCC4)c2)cn3C)C=N1. The Balaban J connectivity index is 1.58. The maximum absolute atomic E-state index is 13.0. The zero-order valence-electron chi connectivity index (χ0n) is 17.7. The molecule has 9 heteroatoms. The molecule has 1 fully saturated rings. The summed E-state index contributed by atoms with van der Waals surface area (Å²) in [6.07, 6.45) is 7.57. The van der Waals surface area contributed by atoms with E-state index >= 15 is 0 Å². The summed E-state index contributed by atoms with van der Waals surface area (Å²) in [6.45, 7) is 2.48. The van der Waals surface area contributed by atoms with Gasteiger partial charge >= 0.3 is 0 Å². The fourth-order valence-corrected chi connectivity index (χ4v) is 5.66. The molecule has 1 unspecified atom stereocenters. The zero-order valence-corrected chi connectivity index (χ0v) is 18.5. The second-order valence-corrected chi connectivity index (χ2v) is 10.1. The number of rotatable bonds is 5. The molecule has 4 heterocycles. The van der Waals surface area contributed by atoms with Gasteiger partial charge in [-0.3, -0.25) is 9.73 Å². The molecule has 0 radical (unpaired) electrons. The first-order valence-electron chi connectivity index (χ1n) is 10.5. The van der Waals surface area contributed by atoms with E-state index in [0.29, 0.717) is 12.2 Å². The molecular weight excluding hydrogens is 412 g/mol. The van der Waals surface area contributed by atoms with Crippen molar-refractivity contribution in [3.05, 3.63) is 42.7 Å². The Morgan fingerprint density at radius 1 is 1.13 bits per heavy atom. The molecule has 0 amide bonds. The van der Waals surface area contributed by atoms with Crippen molar-refractivity contribution in [2.24, 2.45) is 12.1 Å². The number of hydrazone groups is 1. The molecular formula is C22H26N6O2S. The van der Waals surface area contributed by atoms with Gasteiger partial charge in [0.15, 0.2) is 0 Å². The number of hydrogen-bond acceptors (Lipinski definition) is 6. The van der Waals surface area contributed by atoms with Crippen LogP contribution in [-0.4, -0.2) is 61.1 Å². The lowest BCUT2D eigenvalue weighted by molar-refractivity contribution is 0.392. The molecule has 1 atom stereocenters. The van der Waals surface area contributed by atoms with E-state index < -0.39 is 15.3 Å². The Kier molecular flexibility index (Phi) is 4.85. The first kappa shape index (κ1) is 19.9. The van der Waals surface area contributed by atoms with Crippen LogP contribution in [0.5, 0.6) is 0 Å². The molecule has 31 heavy (non-hydrogen) atoms. The van der Waals surface area contributed by atoms with Crippen molar-refractivity contribution < 1.29 is 8.42 Å². The van der Waals surface area contributed by atoms with Gasteiger partial charge in [-0.25, -0.2) is 13.4 Å². The lowest BCUT2D eigenvalue weighted by Crippen LogP contribution is -2.32. The fraction of sp³-hybridized carbons (Fsp3) is 0.364. The van der Waals surface area contributed by atoms with Crippen molar-refractivity contribution in [1.29, 1.82) is 0 Å². The van der Waals surface area contributed by atoms with E-state index in [2.05, 4.69) is 44.0 Å². The number of aryl methyl sites for hydroxylation is 1. The van der Waals surface area contributed by atoms with Crippen LogP contribution in [0.15, 0.2) is 47.8 Å². The molecule has 2 aliphatic rings. The van der Waals surface area contributed by atoms with Gasteiger partial charge in [0.05, 0.1) is 17.6 Å². The van der Waals surface area contributed by atoms with Crippen LogP contribution in [0.25, 0.3) is 22.2 Å². The minimum absolute atomic E-state index is 0.336. The van der Waals surface area contributed by atoms with Gasteiger partial charge < -0.3 is 9.47 Å². The number of sulfonamides is 1. The molecule has 3 aromatic rings. The third kappa shape index (κ3) is 3.63. The maximum Gasteiger partial charge on any atom is 0.242 e. The number of pyridine rings is 1. The predicted octanol–water partition coefficient (Wildman–Crippen LogP) is 2.88. The van der Waals surface area contributed by atoms with E-state index in [1.807, 2.05) is 17.8 Å². The standard InChI is InChI=1S/C22H26N6O2S/c1-26-15-19(16-6-5-7-17(12-16)28-10-3-4-11-28)21-20(8-9-23-22(21)26)25-31(29,30)18-13-24-27(2)14-18/h5-9,12-13,15,18H,3-4,10-11,14H2,1-2H3,(H,23,25). The zero-order chi connectivity index (χ0) is 21.6. The minimum atomic E-state index is -3.63. The number of anilines is 2. The second kappa shape index (κ2) is 7.56. The van der Waals surface area contributed by atoms with Gasteiger partial charge in [-0.05, 0) is 36.6 Å². The van der Waals surface area contributed by atoms with Crippen molar-refractivity contribution in [3.8, 4) is 11.1 Å². The molecule has 8 nitrogen and oxygen atoms in total. The average Bonchev–Trinajstić information content (AvgIpc) is 3.49. The summed E-state index contributed by atoms with van der Waals surface area (Å²) >= 11 is 0. The van der Waals surface area contributed by atoms with E-state index in [0.717, 1.165) is 35.2 Å². The molecule has 162 valence electrons. The number of hydrogen-bond donors (Lipinski definition) is 1. The molecule has 0 spiro atoms. The van der Waals surface area contributed by atoms with Crippen LogP contribution >= 0.6 is 0 Å². The minimum Gasteiger partial charge on any atom is -0.372 e. The lowest BCUT2D eigenvalue weighted by atomic mass is 10.0.